The van der Waals surface area contributed by atoms with Crippen LogP contribution in [0.15, 0.2) is 53.9 Å². The Morgan fingerprint density at radius 1 is 1.27 bits per heavy atom. The van der Waals surface area contributed by atoms with Gasteiger partial charge in [0.1, 0.15) is 12.4 Å². The third-order valence-corrected chi connectivity index (χ3v) is 2.56. The zero-order chi connectivity index (χ0) is 15.8. The van der Waals surface area contributed by atoms with Crippen LogP contribution in [0, 0.1) is 0 Å². The van der Waals surface area contributed by atoms with E-state index in [1.54, 1.807) is 42.6 Å². The number of carboxylic acid groups (broad SMARTS) is 1. The first-order valence-electron chi connectivity index (χ1n) is 6.32. The smallest absolute Gasteiger partial charge is 0.272 e. The van der Waals surface area contributed by atoms with Crippen molar-refractivity contribution >= 4 is 18.1 Å². The lowest BCUT2D eigenvalue weighted by Gasteiger charge is -2.08. The van der Waals surface area contributed by atoms with Gasteiger partial charge in [0, 0.05) is 18.0 Å². The minimum Gasteiger partial charge on any atom is -0.546 e. The first kappa shape index (κ1) is 15.2. The van der Waals surface area contributed by atoms with E-state index in [0.29, 0.717) is 16.9 Å². The van der Waals surface area contributed by atoms with Crippen molar-refractivity contribution in [1.29, 1.82) is 0 Å². The van der Waals surface area contributed by atoms with E-state index in [9.17, 15) is 14.7 Å². The normalized spacial score (nSPS) is 10.4. The van der Waals surface area contributed by atoms with Crippen LogP contribution in [-0.2, 0) is 4.79 Å². The van der Waals surface area contributed by atoms with Gasteiger partial charge in [0.05, 0.1) is 17.7 Å². The molecule has 0 unspecified atom stereocenters. The number of pyridine rings is 1. The van der Waals surface area contributed by atoms with E-state index >= 15 is 0 Å². The molecule has 1 N–H and O–H groups in total. The summed E-state index contributed by atoms with van der Waals surface area (Å²) in [5.74, 6) is -1.40. The molecule has 7 nitrogen and oxygen atoms in total. The molecule has 0 bridgehead atoms. The van der Waals surface area contributed by atoms with Gasteiger partial charge in [-0.05, 0) is 24.3 Å². The minimum atomic E-state index is -1.32. The fourth-order valence-corrected chi connectivity index (χ4v) is 1.58. The van der Waals surface area contributed by atoms with E-state index in [0.717, 1.165) is 0 Å². The van der Waals surface area contributed by atoms with E-state index in [1.165, 1.54) is 12.4 Å². The van der Waals surface area contributed by atoms with Crippen molar-refractivity contribution in [3.63, 3.8) is 0 Å². The van der Waals surface area contributed by atoms with Crippen LogP contribution in [0.3, 0.4) is 0 Å². The number of hydrazone groups is 1. The molecule has 2 rings (SSSR count). The monoisotopic (exact) mass is 298 g/mol. The van der Waals surface area contributed by atoms with Crippen molar-refractivity contribution in [2.24, 2.45) is 5.10 Å². The third-order valence-electron chi connectivity index (χ3n) is 2.56. The van der Waals surface area contributed by atoms with Crippen molar-refractivity contribution in [3.8, 4) is 5.75 Å². The predicted octanol–water partition coefficient (Wildman–Crippen LogP) is -0.0258. The Bertz CT molecular complexity index is 686. The largest absolute Gasteiger partial charge is 0.546 e. The Kier molecular flexibility index (Phi) is 5.20. The molecule has 0 aliphatic rings. The summed E-state index contributed by atoms with van der Waals surface area (Å²) in [6.45, 7) is -0.563. The molecule has 0 aliphatic heterocycles. The van der Waals surface area contributed by atoms with Crippen molar-refractivity contribution in [1.82, 2.24) is 10.4 Å². The van der Waals surface area contributed by atoms with E-state index in [1.807, 2.05) is 0 Å². The van der Waals surface area contributed by atoms with Crippen LogP contribution in [-0.4, -0.2) is 29.7 Å². The number of nitrogens with one attached hydrogen (secondary N) is 1. The molecule has 7 heteroatoms. The van der Waals surface area contributed by atoms with E-state index in [-0.39, 0.29) is 0 Å². The SMILES string of the molecule is O=C([O-])COc1ccccc1/C=N\NC(=O)c1cccnc1. The number of aromatic nitrogens is 1. The highest BCUT2D eigenvalue weighted by Gasteiger charge is 2.04. The first-order chi connectivity index (χ1) is 10.7. The molecule has 0 spiro atoms. The molecular weight excluding hydrogens is 286 g/mol. The Morgan fingerprint density at radius 2 is 2.09 bits per heavy atom. The Hall–Kier alpha value is -3.22. The van der Waals surface area contributed by atoms with Gasteiger partial charge in [0.2, 0.25) is 0 Å². The average molecular weight is 298 g/mol. The maximum Gasteiger partial charge on any atom is 0.272 e. The number of hydrogen-bond acceptors (Lipinski definition) is 6. The lowest BCUT2D eigenvalue weighted by Crippen LogP contribution is -2.29. The van der Waals surface area contributed by atoms with Gasteiger partial charge in [-0.2, -0.15) is 5.10 Å². The standard InChI is InChI=1S/C15H13N3O4/c19-14(20)10-22-13-6-2-1-4-11(13)9-17-18-15(21)12-5-3-7-16-8-12/h1-9H,10H2,(H,18,21)(H,19,20)/p-1/b17-9-. The fraction of sp³-hybridized carbons (Fsp3) is 0.0667. The third kappa shape index (κ3) is 4.41. The molecule has 0 aliphatic carbocycles. The summed E-state index contributed by atoms with van der Waals surface area (Å²) in [7, 11) is 0. The summed E-state index contributed by atoms with van der Waals surface area (Å²) >= 11 is 0. The molecule has 22 heavy (non-hydrogen) atoms. The highest BCUT2D eigenvalue weighted by molar-refractivity contribution is 5.94. The minimum absolute atomic E-state index is 0.325. The molecule has 0 radical (unpaired) electrons. The topological polar surface area (TPSA) is 104 Å². The number of nitrogens with zero attached hydrogens (tertiary/aromatic N) is 2. The number of rotatable bonds is 6. The maximum atomic E-state index is 11.8. The fourth-order valence-electron chi connectivity index (χ4n) is 1.58. The number of carbonyl (C=O) groups excluding carboxylic acids is 2. The molecule has 1 heterocycles. The van der Waals surface area contributed by atoms with Crippen LogP contribution >= 0.6 is 0 Å². The predicted molar refractivity (Wildman–Crippen MR) is 76.2 cm³/mol. The molecule has 2 aromatic rings. The van der Waals surface area contributed by atoms with Gasteiger partial charge in [0.25, 0.3) is 5.91 Å². The number of ether oxygens (including phenoxy) is 1. The van der Waals surface area contributed by atoms with Gasteiger partial charge >= 0.3 is 0 Å². The summed E-state index contributed by atoms with van der Waals surface area (Å²) in [5, 5.41) is 14.2. The number of hydrogen-bond donors (Lipinski definition) is 1. The number of benzene rings is 1. The summed E-state index contributed by atoms with van der Waals surface area (Å²) in [5.41, 5.74) is 3.25. The molecule has 0 saturated carbocycles. The van der Waals surface area contributed by atoms with Crippen molar-refractivity contribution in [3.05, 3.63) is 59.9 Å². The second-order valence-electron chi connectivity index (χ2n) is 4.14. The van der Waals surface area contributed by atoms with E-state index in [2.05, 4.69) is 15.5 Å². The van der Waals surface area contributed by atoms with Crippen LogP contribution in [0.25, 0.3) is 0 Å². The van der Waals surface area contributed by atoms with Gasteiger partial charge in [-0.15, -0.1) is 0 Å². The van der Waals surface area contributed by atoms with Crippen LogP contribution in [0.5, 0.6) is 5.75 Å². The van der Waals surface area contributed by atoms with Crippen LogP contribution in [0.1, 0.15) is 15.9 Å². The summed E-state index contributed by atoms with van der Waals surface area (Å²) in [6, 6.07) is 9.93. The second kappa shape index (κ2) is 7.53. The van der Waals surface area contributed by atoms with Crippen molar-refractivity contribution < 1.29 is 19.4 Å². The van der Waals surface area contributed by atoms with Crippen LogP contribution in [0.2, 0.25) is 0 Å². The number of para-hydroxylation sites is 1. The van der Waals surface area contributed by atoms with Crippen LogP contribution < -0.4 is 15.3 Å². The molecule has 1 aromatic carbocycles. The molecule has 1 amide bonds. The number of aliphatic carboxylic acids is 1. The first-order valence-corrected chi connectivity index (χ1v) is 6.32. The Labute approximate surface area is 126 Å². The Morgan fingerprint density at radius 3 is 2.82 bits per heavy atom. The highest BCUT2D eigenvalue weighted by atomic mass is 16.5. The summed E-state index contributed by atoms with van der Waals surface area (Å²) in [6.07, 6.45) is 4.34. The molecular formula is C15H12N3O4-. The van der Waals surface area contributed by atoms with Crippen molar-refractivity contribution in [2.45, 2.75) is 0 Å². The van der Waals surface area contributed by atoms with E-state index in [4.69, 9.17) is 4.74 Å². The zero-order valence-corrected chi connectivity index (χ0v) is 11.4. The van der Waals surface area contributed by atoms with Crippen LogP contribution in [0.4, 0.5) is 0 Å². The summed E-state index contributed by atoms with van der Waals surface area (Å²) < 4.78 is 5.06. The van der Waals surface area contributed by atoms with Gasteiger partial charge in [-0.3, -0.25) is 9.78 Å². The number of carboxylic acids is 1. The Balaban J connectivity index is 2.01. The average Bonchev–Trinajstić information content (AvgIpc) is 2.54. The summed E-state index contributed by atoms with van der Waals surface area (Å²) in [4.78, 5) is 26.0. The van der Waals surface area contributed by atoms with Gasteiger partial charge < -0.3 is 14.6 Å². The highest BCUT2D eigenvalue weighted by Crippen LogP contribution is 2.15. The number of amides is 1. The van der Waals surface area contributed by atoms with E-state index < -0.39 is 18.5 Å². The molecule has 1 aromatic heterocycles. The molecule has 0 fully saturated rings. The number of carbonyl (C=O) groups is 2. The second-order valence-corrected chi connectivity index (χ2v) is 4.14. The lowest BCUT2D eigenvalue weighted by atomic mass is 10.2. The molecule has 0 atom stereocenters. The quantitative estimate of drug-likeness (QED) is 0.596. The molecule has 112 valence electrons. The van der Waals surface area contributed by atoms with Crippen molar-refractivity contribution in [2.75, 3.05) is 6.61 Å². The van der Waals surface area contributed by atoms with Gasteiger partial charge in [0.15, 0.2) is 0 Å². The zero-order valence-electron chi connectivity index (χ0n) is 11.4. The lowest BCUT2D eigenvalue weighted by molar-refractivity contribution is -0.307. The molecule has 0 saturated heterocycles. The van der Waals surface area contributed by atoms with Gasteiger partial charge in [-0.25, -0.2) is 5.43 Å². The maximum absolute atomic E-state index is 11.8. The van der Waals surface area contributed by atoms with Gasteiger partial charge in [-0.1, -0.05) is 12.1 Å².